The first kappa shape index (κ1) is 13.3. The van der Waals surface area contributed by atoms with E-state index in [1.54, 1.807) is 0 Å². The molecule has 0 aromatic heterocycles. The molecular formula is C14H28N2O. The van der Waals surface area contributed by atoms with Crippen molar-refractivity contribution in [3.8, 4) is 0 Å². The summed E-state index contributed by atoms with van der Waals surface area (Å²) in [6.07, 6.45) is 8.89. The summed E-state index contributed by atoms with van der Waals surface area (Å²) in [6, 6.07) is 1.56. The Bertz CT molecular complexity index is 236. The lowest BCUT2D eigenvalue weighted by Crippen LogP contribution is -2.46. The summed E-state index contributed by atoms with van der Waals surface area (Å²) < 4.78 is 0. The smallest absolute Gasteiger partial charge is 0.0613 e. The van der Waals surface area contributed by atoms with Gasteiger partial charge in [-0.2, -0.15) is 0 Å². The van der Waals surface area contributed by atoms with E-state index < -0.39 is 0 Å². The molecule has 0 aliphatic heterocycles. The van der Waals surface area contributed by atoms with E-state index in [1.165, 1.54) is 38.6 Å². The minimum absolute atomic E-state index is 0.00399. The Morgan fingerprint density at radius 3 is 2.53 bits per heavy atom. The maximum Gasteiger partial charge on any atom is 0.0613 e. The third-order valence-corrected chi connectivity index (χ3v) is 4.67. The van der Waals surface area contributed by atoms with Gasteiger partial charge in [0.15, 0.2) is 0 Å². The summed E-state index contributed by atoms with van der Waals surface area (Å²) in [6.45, 7) is 3.81. The van der Waals surface area contributed by atoms with Crippen LogP contribution in [0.1, 0.15) is 51.9 Å². The molecule has 2 rings (SSSR count). The van der Waals surface area contributed by atoms with Crippen LogP contribution >= 0.6 is 0 Å². The molecule has 0 amide bonds. The molecule has 2 unspecified atom stereocenters. The zero-order valence-electron chi connectivity index (χ0n) is 11.4. The average molecular weight is 240 g/mol. The lowest BCUT2D eigenvalue weighted by Gasteiger charge is -2.32. The molecule has 100 valence electrons. The first-order valence-electron chi connectivity index (χ1n) is 7.30. The Labute approximate surface area is 106 Å². The molecule has 2 saturated carbocycles. The van der Waals surface area contributed by atoms with E-state index >= 15 is 0 Å². The fraction of sp³-hybridized carbons (Fsp3) is 1.00. The van der Waals surface area contributed by atoms with Crippen LogP contribution in [0.3, 0.4) is 0 Å². The number of nitrogens with one attached hydrogen (secondary N) is 1. The SMILES string of the molecule is CCCCN(C1CC1)C1CCC(CO)(NC)C1. The highest BCUT2D eigenvalue weighted by molar-refractivity contribution is 5.01. The first-order chi connectivity index (χ1) is 8.24. The standard InChI is InChI=1S/C14H28N2O/c1-3-4-9-16(12-5-6-12)13-7-8-14(10-13,11-17)15-2/h12-13,15,17H,3-11H2,1-2H3. The van der Waals surface area contributed by atoms with Crippen molar-refractivity contribution < 1.29 is 5.11 Å². The molecule has 3 nitrogen and oxygen atoms in total. The molecule has 0 heterocycles. The van der Waals surface area contributed by atoms with Crippen molar-refractivity contribution in [2.45, 2.75) is 69.5 Å². The van der Waals surface area contributed by atoms with Gasteiger partial charge >= 0.3 is 0 Å². The Hall–Kier alpha value is -0.120. The van der Waals surface area contributed by atoms with Crippen molar-refractivity contribution in [1.29, 1.82) is 0 Å². The molecule has 2 atom stereocenters. The summed E-state index contributed by atoms with van der Waals surface area (Å²) >= 11 is 0. The highest BCUT2D eigenvalue weighted by atomic mass is 16.3. The van der Waals surface area contributed by atoms with Gasteiger partial charge in [0.25, 0.3) is 0 Å². The number of hydrogen-bond donors (Lipinski definition) is 2. The van der Waals surface area contributed by atoms with E-state index in [2.05, 4.69) is 17.1 Å². The second-order valence-electron chi connectivity index (χ2n) is 5.91. The van der Waals surface area contributed by atoms with Gasteiger partial charge in [-0.3, -0.25) is 4.90 Å². The molecule has 2 N–H and O–H groups in total. The monoisotopic (exact) mass is 240 g/mol. The Morgan fingerprint density at radius 1 is 1.29 bits per heavy atom. The van der Waals surface area contributed by atoms with Crippen LogP contribution in [0.5, 0.6) is 0 Å². The van der Waals surface area contributed by atoms with Crippen molar-refractivity contribution in [1.82, 2.24) is 10.2 Å². The predicted molar refractivity (Wildman–Crippen MR) is 71.2 cm³/mol. The van der Waals surface area contributed by atoms with Crippen LogP contribution in [0, 0.1) is 0 Å². The fourth-order valence-electron chi connectivity index (χ4n) is 3.24. The third kappa shape index (κ3) is 3.01. The van der Waals surface area contributed by atoms with Crippen molar-refractivity contribution >= 4 is 0 Å². The molecule has 2 aliphatic carbocycles. The number of nitrogens with zero attached hydrogens (tertiary/aromatic N) is 1. The number of likely N-dealkylation sites (N-methyl/N-ethyl adjacent to an activating group) is 1. The van der Waals surface area contributed by atoms with E-state index in [4.69, 9.17) is 0 Å². The minimum atomic E-state index is 0.00399. The molecule has 0 aromatic carbocycles. The minimum Gasteiger partial charge on any atom is -0.394 e. The fourth-order valence-corrected chi connectivity index (χ4v) is 3.24. The Morgan fingerprint density at radius 2 is 2.06 bits per heavy atom. The summed E-state index contributed by atoms with van der Waals surface area (Å²) in [5.41, 5.74) is 0.00399. The average Bonchev–Trinajstić information content (AvgIpc) is 3.10. The van der Waals surface area contributed by atoms with Crippen LogP contribution in [0.25, 0.3) is 0 Å². The summed E-state index contributed by atoms with van der Waals surface area (Å²) in [7, 11) is 1.99. The second kappa shape index (κ2) is 5.68. The number of hydrogen-bond acceptors (Lipinski definition) is 3. The van der Waals surface area contributed by atoms with Crippen LogP contribution in [-0.2, 0) is 0 Å². The molecule has 0 spiro atoms. The van der Waals surface area contributed by atoms with Crippen molar-refractivity contribution in [3.05, 3.63) is 0 Å². The highest BCUT2D eigenvalue weighted by Gasteiger charge is 2.43. The van der Waals surface area contributed by atoms with Crippen LogP contribution in [0.4, 0.5) is 0 Å². The van der Waals surface area contributed by atoms with Gasteiger partial charge in [0, 0.05) is 17.6 Å². The largest absolute Gasteiger partial charge is 0.394 e. The summed E-state index contributed by atoms with van der Waals surface area (Å²) in [5.74, 6) is 0. The number of aliphatic hydroxyl groups excluding tert-OH is 1. The Balaban J connectivity index is 1.92. The highest BCUT2D eigenvalue weighted by Crippen LogP contribution is 2.38. The van der Waals surface area contributed by atoms with E-state index in [-0.39, 0.29) is 12.1 Å². The molecule has 2 fully saturated rings. The first-order valence-corrected chi connectivity index (χ1v) is 7.30. The van der Waals surface area contributed by atoms with Crippen LogP contribution < -0.4 is 5.32 Å². The lowest BCUT2D eigenvalue weighted by atomic mass is 9.99. The lowest BCUT2D eigenvalue weighted by molar-refractivity contribution is 0.143. The normalized spacial score (nSPS) is 33.5. The predicted octanol–water partition coefficient (Wildman–Crippen LogP) is 1.75. The van der Waals surface area contributed by atoms with Crippen LogP contribution in [0.15, 0.2) is 0 Å². The van der Waals surface area contributed by atoms with Gasteiger partial charge in [-0.15, -0.1) is 0 Å². The van der Waals surface area contributed by atoms with Gasteiger partial charge in [0.05, 0.1) is 6.61 Å². The maximum absolute atomic E-state index is 9.57. The van der Waals surface area contributed by atoms with Crippen molar-refractivity contribution in [3.63, 3.8) is 0 Å². The topological polar surface area (TPSA) is 35.5 Å². The molecule has 0 aromatic rings. The third-order valence-electron chi connectivity index (χ3n) is 4.67. The van der Waals surface area contributed by atoms with Gasteiger partial charge in [-0.25, -0.2) is 0 Å². The van der Waals surface area contributed by atoms with Gasteiger partial charge in [-0.05, 0) is 52.1 Å². The van der Waals surface area contributed by atoms with Crippen molar-refractivity contribution in [2.24, 2.45) is 0 Å². The molecule has 0 radical (unpaired) electrons. The summed E-state index contributed by atoms with van der Waals surface area (Å²) in [5, 5.41) is 12.9. The van der Waals surface area contributed by atoms with Crippen molar-refractivity contribution in [2.75, 3.05) is 20.2 Å². The summed E-state index contributed by atoms with van der Waals surface area (Å²) in [4.78, 5) is 2.73. The number of unbranched alkanes of at least 4 members (excludes halogenated alkanes) is 1. The number of rotatable bonds is 7. The molecule has 2 aliphatic rings. The van der Waals surface area contributed by atoms with Crippen LogP contribution in [-0.4, -0.2) is 47.8 Å². The number of aliphatic hydroxyl groups is 1. The van der Waals surface area contributed by atoms with Gasteiger partial charge in [0.2, 0.25) is 0 Å². The second-order valence-corrected chi connectivity index (χ2v) is 5.91. The van der Waals surface area contributed by atoms with Crippen LogP contribution in [0.2, 0.25) is 0 Å². The van der Waals surface area contributed by atoms with E-state index in [0.717, 1.165) is 18.9 Å². The zero-order valence-corrected chi connectivity index (χ0v) is 11.4. The molecular weight excluding hydrogens is 212 g/mol. The van der Waals surface area contributed by atoms with Gasteiger partial charge < -0.3 is 10.4 Å². The van der Waals surface area contributed by atoms with E-state index in [9.17, 15) is 5.11 Å². The van der Waals surface area contributed by atoms with E-state index in [0.29, 0.717) is 6.04 Å². The maximum atomic E-state index is 9.57. The quantitative estimate of drug-likeness (QED) is 0.712. The molecule has 0 saturated heterocycles. The van der Waals surface area contributed by atoms with E-state index in [1.807, 2.05) is 7.05 Å². The zero-order chi connectivity index (χ0) is 12.3. The molecule has 3 heteroatoms. The van der Waals surface area contributed by atoms with Gasteiger partial charge in [0.1, 0.15) is 0 Å². The molecule has 17 heavy (non-hydrogen) atoms. The molecule has 0 bridgehead atoms. The van der Waals surface area contributed by atoms with Gasteiger partial charge in [-0.1, -0.05) is 13.3 Å². The Kier molecular flexibility index (Phi) is 4.45.